The Labute approximate surface area is 371 Å². The smallest absolute Gasteiger partial charge is 0.220 e. The van der Waals surface area contributed by atoms with Crippen LogP contribution in [0, 0.1) is 23.7 Å². The van der Waals surface area contributed by atoms with Gasteiger partial charge in [-0.25, -0.2) is 0 Å². The lowest BCUT2D eigenvalue weighted by molar-refractivity contribution is -0.123. The van der Waals surface area contributed by atoms with Gasteiger partial charge in [-0.2, -0.15) is 0 Å². The van der Waals surface area contributed by atoms with Gasteiger partial charge in [0.25, 0.3) is 0 Å². The van der Waals surface area contributed by atoms with Crippen LogP contribution in [0.2, 0.25) is 0 Å². The predicted molar refractivity (Wildman–Crippen MR) is 242 cm³/mol. The topological polar surface area (TPSA) is 105 Å². The van der Waals surface area contributed by atoms with Gasteiger partial charge in [0.05, 0.1) is 0 Å². The molecule has 10 rings (SSSR count). The molecule has 0 radical (unpaired) electrons. The lowest BCUT2D eigenvalue weighted by atomic mass is 9.52. The Bertz CT molecular complexity index is 1750. The van der Waals surface area contributed by atoms with Crippen LogP contribution in [0.4, 0.5) is 0 Å². The van der Waals surface area contributed by atoms with Crippen molar-refractivity contribution in [2.45, 2.75) is 177 Å². The summed E-state index contributed by atoms with van der Waals surface area (Å²) in [5.41, 5.74) is 7.62. The maximum Gasteiger partial charge on any atom is 0.220 e. The highest BCUT2D eigenvalue weighted by Crippen LogP contribution is 2.58. The summed E-state index contributed by atoms with van der Waals surface area (Å²) < 4.78 is 0. The molecular formula is C50H72Cl2N4O4. The van der Waals surface area contributed by atoms with E-state index in [1.54, 1.807) is 0 Å². The molecule has 10 heteroatoms. The average Bonchev–Trinajstić information content (AvgIpc) is 3.19. The van der Waals surface area contributed by atoms with Crippen molar-refractivity contribution in [1.82, 2.24) is 20.4 Å². The average molecular weight is 864 g/mol. The van der Waals surface area contributed by atoms with Gasteiger partial charge >= 0.3 is 0 Å². The molecule has 4 bridgehead atoms. The minimum absolute atomic E-state index is 0. The third-order valence-electron chi connectivity index (χ3n) is 17.7. The summed E-state index contributed by atoms with van der Waals surface area (Å²) in [6.45, 7) is 5.56. The number of likely N-dealkylation sites (tertiary alicyclic amines) is 2. The van der Waals surface area contributed by atoms with E-state index in [0.29, 0.717) is 74.2 Å². The third kappa shape index (κ3) is 8.11. The number of hydrogen-bond donors (Lipinski definition) is 4. The second kappa shape index (κ2) is 18.3. The van der Waals surface area contributed by atoms with E-state index in [1.807, 2.05) is 0 Å². The van der Waals surface area contributed by atoms with Crippen molar-refractivity contribution in [3.63, 3.8) is 0 Å². The number of carbonyl (C=O) groups excluding carboxylic acids is 2. The monoisotopic (exact) mass is 862 g/mol. The molecule has 2 aliphatic heterocycles. The Morgan fingerprint density at radius 1 is 0.583 bits per heavy atom. The molecule has 2 saturated heterocycles. The molecule has 8 nitrogen and oxygen atoms in total. The number of nitrogens with zero attached hydrogens (tertiary/aromatic N) is 2. The van der Waals surface area contributed by atoms with Gasteiger partial charge in [0.15, 0.2) is 0 Å². The Morgan fingerprint density at radius 2 is 1.02 bits per heavy atom. The molecule has 2 amide bonds. The van der Waals surface area contributed by atoms with Crippen LogP contribution < -0.4 is 10.6 Å². The second-order valence-corrected chi connectivity index (χ2v) is 20.7. The molecule has 6 fully saturated rings. The van der Waals surface area contributed by atoms with Crippen molar-refractivity contribution in [2.24, 2.45) is 23.7 Å². The molecule has 6 atom stereocenters. The molecule has 0 spiro atoms. The van der Waals surface area contributed by atoms with Gasteiger partial charge in [0.2, 0.25) is 11.8 Å². The minimum Gasteiger partial charge on any atom is -0.508 e. The number of piperidine rings is 2. The van der Waals surface area contributed by atoms with Crippen LogP contribution in [0.15, 0.2) is 24.3 Å². The Balaban J connectivity index is 0.00000249. The Morgan fingerprint density at radius 3 is 1.42 bits per heavy atom. The molecular weight excluding hydrogens is 791 g/mol. The Hall–Kier alpha value is -2.52. The number of hydrogen-bond acceptors (Lipinski definition) is 6. The zero-order chi connectivity index (χ0) is 39.4. The van der Waals surface area contributed by atoms with E-state index in [9.17, 15) is 19.8 Å². The lowest BCUT2D eigenvalue weighted by Gasteiger charge is -2.59. The van der Waals surface area contributed by atoms with Gasteiger partial charge in [-0.3, -0.25) is 19.4 Å². The fourth-order valence-electron chi connectivity index (χ4n) is 14.3. The molecule has 4 N–H and O–H groups in total. The maximum absolute atomic E-state index is 13.0. The summed E-state index contributed by atoms with van der Waals surface area (Å²) in [6, 6.07) is 9.79. The molecule has 6 aliphatic carbocycles. The largest absolute Gasteiger partial charge is 0.508 e. The second-order valence-electron chi connectivity index (χ2n) is 20.7. The van der Waals surface area contributed by atoms with E-state index in [1.165, 1.54) is 151 Å². The van der Waals surface area contributed by atoms with Gasteiger partial charge in [-0.1, -0.05) is 38.5 Å². The first kappa shape index (κ1) is 44.1. The van der Waals surface area contributed by atoms with Gasteiger partial charge in [-0.05, 0) is 173 Å². The SMILES string of the molecule is Cl.Cl.O=C(CCCCC(=O)NCc1cc2c(cc1O)[C@@]13CCCC[C@H]1[C@@H](C2)N(CC1CCC1)CC3)NCc1cc2c(cc1O)[C@@]13CCCC[C@H]1[C@@H](C2)N(CC1CCC1)CC3. The zero-order valence-corrected chi connectivity index (χ0v) is 37.6. The number of nitrogens with one attached hydrogen (secondary N) is 2. The first-order valence-electron chi connectivity index (χ1n) is 24.0. The van der Waals surface area contributed by atoms with Gasteiger partial charge in [0.1, 0.15) is 11.5 Å². The summed E-state index contributed by atoms with van der Waals surface area (Å²) in [5, 5.41) is 28.7. The molecule has 0 unspecified atom stereocenters. The van der Waals surface area contributed by atoms with Gasteiger partial charge < -0.3 is 20.8 Å². The van der Waals surface area contributed by atoms with Gasteiger partial charge in [-0.15, -0.1) is 24.8 Å². The number of halogens is 2. The van der Waals surface area contributed by atoms with Crippen LogP contribution in [0.1, 0.15) is 162 Å². The van der Waals surface area contributed by atoms with E-state index in [0.717, 1.165) is 35.8 Å². The first-order valence-corrected chi connectivity index (χ1v) is 24.0. The first-order chi connectivity index (χ1) is 28.3. The van der Waals surface area contributed by atoms with E-state index < -0.39 is 0 Å². The van der Waals surface area contributed by atoms with Crippen LogP contribution in [-0.4, -0.2) is 70.1 Å². The molecule has 60 heavy (non-hydrogen) atoms. The standard InChI is InChI=1S/C50H70N4O4.2ClH/c55-45-27-41-35(25-43-39-13-3-5-17-49(39,41)19-21-53(43)31-33-9-7-10-33)23-37(45)29-51-47(57)15-1-2-16-48(58)52-30-38-24-36-26-44-40-14-4-6-18-50(40,42(36)28-46(38)56)20-22-54(44)32-34-11-8-12-34;;/h23-24,27-28,33-34,39-40,43-44,55-56H,1-22,25-26,29-32H2,(H,51,57)(H,52,58);2*1H/t39-,40-,43+,44+,49+,50+;;/m0../s1. The highest BCUT2D eigenvalue weighted by atomic mass is 35.5. The quantitative estimate of drug-likeness (QED) is 0.150. The predicted octanol–water partition coefficient (Wildman–Crippen LogP) is 9.15. The molecule has 2 aromatic carbocycles. The van der Waals surface area contributed by atoms with Crippen molar-refractivity contribution in [2.75, 3.05) is 26.2 Å². The molecule has 8 aliphatic rings. The number of phenolic OH excluding ortho intramolecular Hbond substituents is 2. The van der Waals surface area contributed by atoms with Crippen LogP contribution >= 0.6 is 24.8 Å². The van der Waals surface area contributed by atoms with Gasteiger partial charge in [0, 0.05) is 73.1 Å². The fraction of sp³-hybridized carbons (Fsp3) is 0.720. The van der Waals surface area contributed by atoms with Crippen molar-refractivity contribution in [3.8, 4) is 11.5 Å². The number of rotatable bonds is 13. The number of benzene rings is 2. The summed E-state index contributed by atoms with van der Waals surface area (Å²) >= 11 is 0. The van der Waals surface area contributed by atoms with E-state index >= 15 is 0 Å². The molecule has 0 aromatic heterocycles. The Kier molecular flexibility index (Phi) is 13.4. The highest BCUT2D eigenvalue weighted by Gasteiger charge is 2.55. The van der Waals surface area contributed by atoms with Crippen LogP contribution in [0.5, 0.6) is 11.5 Å². The van der Waals surface area contributed by atoms with Crippen molar-refractivity contribution in [3.05, 3.63) is 57.6 Å². The van der Waals surface area contributed by atoms with E-state index in [-0.39, 0.29) is 47.5 Å². The van der Waals surface area contributed by atoms with Crippen molar-refractivity contribution < 1.29 is 19.8 Å². The number of aromatic hydroxyl groups is 2. The normalized spacial score (nSPS) is 30.7. The van der Waals surface area contributed by atoms with E-state index in [4.69, 9.17) is 0 Å². The number of amides is 2. The molecule has 330 valence electrons. The zero-order valence-electron chi connectivity index (χ0n) is 36.0. The van der Waals surface area contributed by atoms with Crippen molar-refractivity contribution in [1.29, 1.82) is 0 Å². The maximum atomic E-state index is 13.0. The lowest BCUT2D eigenvalue weighted by Crippen LogP contribution is -2.61. The minimum atomic E-state index is -0.0401. The number of fused-ring (bicyclic) bond motifs is 2. The summed E-state index contributed by atoms with van der Waals surface area (Å²) in [6.07, 6.45) is 25.2. The summed E-state index contributed by atoms with van der Waals surface area (Å²) in [5.74, 6) is 3.71. The fourth-order valence-corrected chi connectivity index (χ4v) is 14.3. The van der Waals surface area contributed by atoms with Crippen molar-refractivity contribution >= 4 is 36.6 Å². The molecule has 2 aromatic rings. The number of phenols is 2. The molecule has 2 heterocycles. The van der Waals surface area contributed by atoms with Crippen LogP contribution in [-0.2, 0) is 46.4 Å². The van der Waals surface area contributed by atoms with E-state index in [2.05, 4.69) is 44.7 Å². The molecule has 4 saturated carbocycles. The highest BCUT2D eigenvalue weighted by molar-refractivity contribution is 5.85. The van der Waals surface area contributed by atoms with Crippen LogP contribution in [0.3, 0.4) is 0 Å². The number of unbranched alkanes of at least 4 members (excludes halogenated alkanes) is 1. The third-order valence-corrected chi connectivity index (χ3v) is 17.7. The number of carbonyl (C=O) groups is 2. The summed E-state index contributed by atoms with van der Waals surface area (Å²) in [7, 11) is 0. The summed E-state index contributed by atoms with van der Waals surface area (Å²) in [4.78, 5) is 31.6. The van der Waals surface area contributed by atoms with Crippen LogP contribution in [0.25, 0.3) is 0 Å².